The third-order valence-electron chi connectivity index (χ3n) is 27.8. The molecule has 0 unspecified atom stereocenters. The molecule has 9 aliphatic rings. The quantitative estimate of drug-likeness (QED) is 0.0810. The molecule has 0 radical (unpaired) electrons. The number of Topliss-reactive ketones (excluding diaryl/α,β-unsaturated/α-hetero) is 2. The van der Waals surface area contributed by atoms with Crippen molar-refractivity contribution in [3.63, 3.8) is 0 Å². The highest BCUT2D eigenvalue weighted by atomic mass is 19.4. The number of hydrogen-bond acceptors (Lipinski definition) is 14. The second-order valence-electron chi connectivity index (χ2n) is 37.5. The highest BCUT2D eigenvalue weighted by molar-refractivity contribution is 6.05. The maximum absolute atomic E-state index is 13.6. The maximum atomic E-state index is 13.6. The zero-order valence-corrected chi connectivity index (χ0v) is 74.6. The van der Waals surface area contributed by atoms with Gasteiger partial charge in [0.25, 0.3) is 29.4 Å². The molecule has 0 bridgehead atoms. The van der Waals surface area contributed by atoms with E-state index in [2.05, 4.69) is 48.8 Å². The number of ether oxygens (including phenoxy) is 1. The lowest BCUT2D eigenvalue weighted by Gasteiger charge is -2.52. The lowest BCUT2D eigenvalue weighted by molar-refractivity contribution is -0.145. The fourth-order valence-corrected chi connectivity index (χ4v) is 21.1. The first kappa shape index (κ1) is 92.0. The van der Waals surface area contributed by atoms with Gasteiger partial charge in [0.2, 0.25) is 0 Å². The number of carbonyl (C=O) groups excluding carboxylic acids is 6. The van der Waals surface area contributed by atoms with E-state index in [4.69, 9.17) is 4.74 Å². The number of amides is 4. The van der Waals surface area contributed by atoms with E-state index in [0.29, 0.717) is 175 Å². The summed E-state index contributed by atoms with van der Waals surface area (Å²) in [6.45, 7) is 23.0. The summed E-state index contributed by atoms with van der Waals surface area (Å²) in [5.74, 6) is -1.17. The van der Waals surface area contributed by atoms with Crippen molar-refractivity contribution in [3.05, 3.63) is 255 Å². The molecular formula is C99H115F9N14O8. The third-order valence-corrected chi connectivity index (χ3v) is 27.8. The van der Waals surface area contributed by atoms with Crippen LogP contribution in [0.3, 0.4) is 0 Å². The smallest absolute Gasteiger partial charge is 0.456 e. The molecular weight excluding hydrogens is 1680 g/mol. The fourth-order valence-electron chi connectivity index (χ4n) is 21.1. The van der Waals surface area contributed by atoms with Crippen LogP contribution in [0.25, 0.3) is 22.0 Å². The largest absolute Gasteiger partial charge is 0.491 e. The van der Waals surface area contributed by atoms with Crippen LogP contribution in [0.1, 0.15) is 223 Å². The van der Waals surface area contributed by atoms with Gasteiger partial charge in [-0.25, -0.2) is 0 Å². The van der Waals surface area contributed by atoms with Crippen molar-refractivity contribution in [2.45, 2.75) is 210 Å². The minimum Gasteiger partial charge on any atom is -0.491 e. The zero-order valence-electron chi connectivity index (χ0n) is 74.6. The predicted molar refractivity (Wildman–Crippen MR) is 477 cm³/mol. The summed E-state index contributed by atoms with van der Waals surface area (Å²) in [4.78, 5) is 97.2. The summed E-state index contributed by atoms with van der Waals surface area (Å²) in [6, 6.07) is 46.4. The molecule has 19 rings (SSSR count). The second-order valence-corrected chi connectivity index (χ2v) is 37.5. The average molecular weight is 1800 g/mol. The standard InChI is InChI=1S/C26H25F3N4O2.C26H35N3O3.C25H30F3N3O2.C22H21F3N4O.2H2/c1-31-15-16-33-21(23(34)26(27,28)29)9-10-22(33)25(31)11-13-32(14-12-25)24(35)20-8-7-19(17-30-20)18-5-3-2-4-6-18;1-17(2)32-22-8-7-20(13-18(22)3)24(31)28-11-9-26(10-12-28)23-14-21(19(4)30)15-29(23)16-25(5,6)27-26;1-23(2,33)18-5-3-17(4-6-18)22(32)29-13-11-24(12-14-29)20-9-10-21(25(26,27)28)30(20)15-16-31(24)19-7-8-19;23-22(24,25)18-7-6-17-21(27-11-14-29(17)18)8-12-28(13-9-21)20(30)16-5-1-3-15-4-2-10-26-19(15)16;;/h2-10,17H,11-16H2,1H3;7-8,13-15,17,27H,9-12,16H2,1-6H3;3-6,9-10,19,33H,7-8,11-16H2,1-2H3;1-7,10,27H,8-9,11-14H2;2*1H. The van der Waals surface area contributed by atoms with E-state index in [1.165, 1.54) is 37.6 Å². The summed E-state index contributed by atoms with van der Waals surface area (Å²) in [6.07, 6.45) is -0.894. The Morgan fingerprint density at radius 1 is 0.531 bits per heavy atom. The number of carbonyl (C=O) groups is 6. The van der Waals surface area contributed by atoms with Gasteiger partial charge in [0.15, 0.2) is 5.78 Å². The molecule has 130 heavy (non-hydrogen) atoms. The van der Waals surface area contributed by atoms with Gasteiger partial charge in [-0.15, -0.1) is 0 Å². The van der Waals surface area contributed by atoms with E-state index in [9.17, 15) is 73.4 Å². The molecule has 4 aromatic carbocycles. The fraction of sp³-hybridized carbons (Fsp3) is 0.455. The number of fused-ring (bicyclic) bond motifs is 9. The van der Waals surface area contributed by atoms with Crippen LogP contribution in [0, 0.1) is 6.92 Å². The Labute approximate surface area is 752 Å². The average Bonchev–Trinajstić information content (AvgIpc) is 1.55. The zero-order chi connectivity index (χ0) is 92.6. The Balaban J connectivity index is 0.000000141. The van der Waals surface area contributed by atoms with E-state index in [1.807, 2.05) is 129 Å². The first-order chi connectivity index (χ1) is 61.6. The lowest BCUT2D eigenvalue weighted by atomic mass is 9.79. The number of likely N-dealkylation sites (N-methyl/N-ethyl adjacent to an activating group) is 1. The van der Waals surface area contributed by atoms with Crippen LogP contribution >= 0.6 is 0 Å². The van der Waals surface area contributed by atoms with Gasteiger partial charge < -0.3 is 53.0 Å². The number of likely N-dealkylation sites (tertiary alicyclic amines) is 4. The Kier molecular flexibility index (Phi) is 25.1. The minimum atomic E-state index is -4.91. The summed E-state index contributed by atoms with van der Waals surface area (Å²) in [7, 11) is 1.95. The van der Waals surface area contributed by atoms with Crippen molar-refractivity contribution < 1.29 is 81.0 Å². The highest BCUT2D eigenvalue weighted by Crippen LogP contribution is 2.51. The molecule has 14 heterocycles. The van der Waals surface area contributed by atoms with Crippen molar-refractivity contribution in [1.29, 1.82) is 0 Å². The van der Waals surface area contributed by atoms with Gasteiger partial charge in [0.05, 0.1) is 50.6 Å². The number of halogens is 9. The van der Waals surface area contributed by atoms with Crippen LogP contribution in [0.4, 0.5) is 39.5 Å². The number of aliphatic hydroxyl groups is 1. The van der Waals surface area contributed by atoms with Crippen molar-refractivity contribution in [3.8, 4) is 16.9 Å². The van der Waals surface area contributed by atoms with Gasteiger partial charge in [-0.1, -0.05) is 66.7 Å². The number of para-hydroxylation sites is 1. The van der Waals surface area contributed by atoms with Gasteiger partial charge in [-0.2, -0.15) is 39.5 Å². The first-order valence-corrected chi connectivity index (χ1v) is 44.8. The second kappa shape index (κ2) is 35.5. The maximum Gasteiger partial charge on any atom is 0.456 e. The number of ketones is 2. The number of rotatable bonds is 11. The molecule has 692 valence electrons. The summed E-state index contributed by atoms with van der Waals surface area (Å²) in [5.41, 5.74) is 6.26. The molecule has 6 aromatic heterocycles. The van der Waals surface area contributed by atoms with Gasteiger partial charge in [-0.3, -0.25) is 53.9 Å². The van der Waals surface area contributed by atoms with Crippen molar-refractivity contribution in [2.24, 2.45) is 0 Å². The normalized spacial score (nSPS) is 19.2. The van der Waals surface area contributed by atoms with Gasteiger partial charge >= 0.3 is 18.5 Å². The Morgan fingerprint density at radius 3 is 1.68 bits per heavy atom. The monoisotopic (exact) mass is 1800 g/mol. The Hall–Kier alpha value is -11.3. The van der Waals surface area contributed by atoms with E-state index in [0.717, 1.165) is 76.9 Å². The van der Waals surface area contributed by atoms with Crippen molar-refractivity contribution >= 4 is 46.1 Å². The number of aryl methyl sites for hydroxylation is 1. The minimum absolute atomic E-state index is 0. The molecule has 1 aliphatic carbocycles. The number of nitrogens with zero attached hydrogens (tertiary/aromatic N) is 12. The SMILES string of the molecule is CC(=O)c1cc2n(c1)CC(C)(C)NC21CCN(C(=O)c2ccc(OC(C)C)c(C)c2)CC1.CC(C)(O)c1ccc(C(=O)N2CCC3(CC2)c2ccc(C(F)(F)F)n2CCN3C2CC2)cc1.CN1CCn2c(C(=O)C(F)(F)F)ccc2C12CCN(C(=O)c1ccc(-c3ccccc3)cn1)CC2.O=C(c1cccc2cccnc12)N1CCC2(CC1)NCCn1c(C(F)(F)F)ccc12.[HH].[HH]. The van der Waals surface area contributed by atoms with E-state index >= 15 is 0 Å². The molecule has 3 N–H and O–H groups in total. The molecule has 31 heteroatoms. The van der Waals surface area contributed by atoms with Crippen molar-refractivity contribution in [2.75, 3.05) is 79.0 Å². The Bertz CT molecular complexity index is 5880. The number of benzene rings is 4. The highest BCUT2D eigenvalue weighted by Gasteiger charge is 2.55. The summed E-state index contributed by atoms with van der Waals surface area (Å²) >= 11 is 0. The topological polar surface area (TPSA) is 221 Å². The first-order valence-electron chi connectivity index (χ1n) is 44.8. The number of piperidine rings is 4. The van der Waals surface area contributed by atoms with Gasteiger partial charge in [0, 0.05) is 182 Å². The molecule has 1 saturated carbocycles. The molecule has 4 spiro atoms. The van der Waals surface area contributed by atoms with E-state index < -0.39 is 57.9 Å². The van der Waals surface area contributed by atoms with Crippen LogP contribution in [0.5, 0.6) is 5.75 Å². The number of nitrogens with one attached hydrogen (secondary N) is 2. The van der Waals surface area contributed by atoms with Gasteiger partial charge in [-0.05, 0) is 234 Å². The third kappa shape index (κ3) is 18.3. The number of hydrogen-bond donors (Lipinski definition) is 3. The molecule has 22 nitrogen and oxygen atoms in total. The molecule has 5 fully saturated rings. The van der Waals surface area contributed by atoms with Crippen LogP contribution in [-0.2, 0) is 66.3 Å². The molecule has 8 aliphatic heterocycles. The van der Waals surface area contributed by atoms with Crippen LogP contribution in [-0.4, -0.2) is 201 Å². The number of aromatic nitrogens is 6. The summed E-state index contributed by atoms with van der Waals surface area (Å²) in [5, 5.41) is 18.4. The van der Waals surface area contributed by atoms with E-state index in [1.54, 1.807) is 97.6 Å². The lowest BCUT2D eigenvalue weighted by Crippen LogP contribution is -2.63. The van der Waals surface area contributed by atoms with Crippen LogP contribution < -0.4 is 15.4 Å². The number of alkyl halides is 9. The predicted octanol–water partition coefficient (Wildman–Crippen LogP) is 17.3. The number of pyridine rings is 2. The Morgan fingerprint density at radius 2 is 1.09 bits per heavy atom. The summed E-state index contributed by atoms with van der Waals surface area (Å²) < 4.78 is 132. The van der Waals surface area contributed by atoms with Crippen LogP contribution in [0.15, 0.2) is 176 Å². The molecule has 10 aromatic rings. The van der Waals surface area contributed by atoms with E-state index in [-0.39, 0.29) is 55.1 Å². The molecule has 0 atom stereocenters. The van der Waals surface area contributed by atoms with Gasteiger partial charge in [0.1, 0.15) is 22.8 Å². The van der Waals surface area contributed by atoms with Crippen LogP contribution in [0.2, 0.25) is 0 Å². The molecule has 4 saturated heterocycles. The molecule has 4 amide bonds. The van der Waals surface area contributed by atoms with Crippen molar-refractivity contribution in [1.82, 2.24) is 68.3 Å².